The molecule has 2 nitrogen and oxygen atoms in total. The first-order valence-corrected chi connectivity index (χ1v) is 4.77. The van der Waals surface area contributed by atoms with Gasteiger partial charge in [-0.1, -0.05) is 31.2 Å². The molecule has 2 heteroatoms. The predicted octanol–water partition coefficient (Wildman–Crippen LogP) is 2.33. The van der Waals surface area contributed by atoms with E-state index in [2.05, 4.69) is 4.98 Å². The topological polar surface area (TPSA) is 33.1 Å². The molecule has 0 unspecified atom stereocenters. The van der Waals surface area contributed by atoms with Crippen LogP contribution in [0.3, 0.4) is 0 Å². The second-order valence-corrected chi connectivity index (χ2v) is 3.51. The average molecular weight is 187 g/mol. The molecule has 0 radical (unpaired) electrons. The van der Waals surface area contributed by atoms with Gasteiger partial charge in [0.05, 0.1) is 5.52 Å². The third-order valence-electron chi connectivity index (χ3n) is 2.47. The van der Waals surface area contributed by atoms with E-state index < -0.39 is 0 Å². The van der Waals surface area contributed by atoms with Gasteiger partial charge in [-0.2, -0.15) is 0 Å². The van der Waals surface area contributed by atoms with E-state index in [0.717, 1.165) is 16.5 Å². The normalized spacial score (nSPS) is 13.0. The van der Waals surface area contributed by atoms with Crippen molar-refractivity contribution < 1.29 is 5.11 Å². The Morgan fingerprint density at radius 2 is 2.07 bits per heavy atom. The minimum Gasteiger partial charge on any atom is -0.396 e. The molecule has 2 rings (SSSR count). The molecule has 1 N–H and O–H groups in total. The van der Waals surface area contributed by atoms with Crippen molar-refractivity contribution in [3.8, 4) is 0 Å². The van der Waals surface area contributed by atoms with Gasteiger partial charge in [0.1, 0.15) is 0 Å². The number of rotatable bonds is 2. The lowest BCUT2D eigenvalue weighted by molar-refractivity contribution is 0.273. The molecule has 14 heavy (non-hydrogen) atoms. The van der Waals surface area contributed by atoms with Gasteiger partial charge in [0.25, 0.3) is 0 Å². The summed E-state index contributed by atoms with van der Waals surface area (Å²) in [7, 11) is 0. The Hall–Kier alpha value is -1.41. The lowest BCUT2D eigenvalue weighted by atomic mass is 9.99. The van der Waals surface area contributed by atoms with Crippen molar-refractivity contribution in [1.82, 2.24) is 4.98 Å². The number of hydrogen-bond acceptors (Lipinski definition) is 2. The van der Waals surface area contributed by atoms with Gasteiger partial charge in [0, 0.05) is 24.1 Å². The van der Waals surface area contributed by atoms with Crippen LogP contribution in [0.2, 0.25) is 0 Å². The van der Waals surface area contributed by atoms with Crippen molar-refractivity contribution >= 4 is 10.9 Å². The molecule has 0 bridgehead atoms. The molecule has 0 aliphatic carbocycles. The van der Waals surface area contributed by atoms with Gasteiger partial charge >= 0.3 is 0 Å². The average Bonchev–Trinajstić information content (AvgIpc) is 2.27. The summed E-state index contributed by atoms with van der Waals surface area (Å²) in [4.78, 5) is 4.34. The van der Waals surface area contributed by atoms with Gasteiger partial charge in [-0.3, -0.25) is 4.98 Å². The number of hydrogen-bond donors (Lipinski definition) is 1. The highest BCUT2D eigenvalue weighted by Crippen LogP contribution is 2.22. The monoisotopic (exact) mass is 187 g/mol. The maximum absolute atomic E-state index is 9.12. The van der Waals surface area contributed by atoms with E-state index in [1.54, 1.807) is 6.20 Å². The highest BCUT2D eigenvalue weighted by atomic mass is 16.3. The molecule has 0 aliphatic heterocycles. The summed E-state index contributed by atoms with van der Waals surface area (Å²) in [6, 6.07) is 10.0. The zero-order chi connectivity index (χ0) is 9.97. The third-order valence-corrected chi connectivity index (χ3v) is 2.47. The lowest BCUT2D eigenvalue weighted by Crippen LogP contribution is -2.00. The van der Waals surface area contributed by atoms with E-state index in [9.17, 15) is 0 Å². The Morgan fingerprint density at radius 3 is 2.86 bits per heavy atom. The summed E-state index contributed by atoms with van der Waals surface area (Å²) < 4.78 is 0. The first-order chi connectivity index (χ1) is 6.83. The predicted molar refractivity (Wildman–Crippen MR) is 57.2 cm³/mol. The van der Waals surface area contributed by atoms with Gasteiger partial charge in [-0.25, -0.2) is 0 Å². The Morgan fingerprint density at radius 1 is 1.29 bits per heavy atom. The zero-order valence-corrected chi connectivity index (χ0v) is 8.14. The smallest absolute Gasteiger partial charge is 0.0737 e. The maximum Gasteiger partial charge on any atom is 0.0737 e. The van der Waals surface area contributed by atoms with Gasteiger partial charge in [-0.15, -0.1) is 0 Å². The summed E-state index contributed by atoms with van der Waals surface area (Å²) in [5.74, 6) is 0.147. The molecule has 0 amide bonds. The van der Waals surface area contributed by atoms with Crippen molar-refractivity contribution in [2.24, 2.45) is 0 Å². The molecule has 72 valence electrons. The van der Waals surface area contributed by atoms with E-state index in [-0.39, 0.29) is 12.5 Å². The van der Waals surface area contributed by atoms with Crippen LogP contribution in [0.5, 0.6) is 0 Å². The fourth-order valence-electron chi connectivity index (χ4n) is 1.62. The number of benzene rings is 1. The maximum atomic E-state index is 9.12. The van der Waals surface area contributed by atoms with Gasteiger partial charge < -0.3 is 5.11 Å². The Labute approximate surface area is 83.2 Å². The van der Waals surface area contributed by atoms with Gasteiger partial charge in [-0.05, 0) is 11.6 Å². The third kappa shape index (κ3) is 1.49. The number of pyridine rings is 1. The van der Waals surface area contributed by atoms with Crippen molar-refractivity contribution in [2.75, 3.05) is 6.61 Å². The number of fused-ring (bicyclic) bond motifs is 1. The fourth-order valence-corrected chi connectivity index (χ4v) is 1.62. The molecular formula is C12H13NO. The summed E-state index contributed by atoms with van der Waals surface area (Å²) in [6.07, 6.45) is 1.79. The van der Waals surface area contributed by atoms with Crippen molar-refractivity contribution in [2.45, 2.75) is 12.8 Å². The van der Waals surface area contributed by atoms with Gasteiger partial charge in [0.15, 0.2) is 0 Å². The summed E-state index contributed by atoms with van der Waals surface area (Å²) in [6.45, 7) is 2.17. The van der Waals surface area contributed by atoms with Crippen molar-refractivity contribution in [3.05, 3.63) is 42.1 Å². The number of nitrogens with zero attached hydrogens (tertiary/aromatic N) is 1. The fraction of sp³-hybridized carbons (Fsp3) is 0.250. The molecule has 0 saturated carbocycles. The minimum absolute atomic E-state index is 0.147. The summed E-state index contributed by atoms with van der Waals surface area (Å²) in [5, 5.41) is 10.2. The molecule has 2 aromatic rings. The van der Waals surface area contributed by atoms with Crippen LogP contribution in [0.4, 0.5) is 0 Å². The molecule has 0 saturated heterocycles. The molecule has 1 heterocycles. The summed E-state index contributed by atoms with van der Waals surface area (Å²) in [5.41, 5.74) is 2.11. The van der Waals surface area contributed by atoms with Crippen LogP contribution in [0.15, 0.2) is 36.5 Å². The quantitative estimate of drug-likeness (QED) is 0.782. The second-order valence-electron chi connectivity index (χ2n) is 3.51. The van der Waals surface area contributed by atoms with E-state index in [1.807, 2.05) is 37.3 Å². The molecular weight excluding hydrogens is 174 g/mol. The van der Waals surface area contributed by atoms with Crippen LogP contribution in [0.25, 0.3) is 10.9 Å². The number of aliphatic hydroxyl groups excluding tert-OH is 1. The zero-order valence-electron chi connectivity index (χ0n) is 8.14. The first kappa shape index (κ1) is 9.16. The summed E-state index contributed by atoms with van der Waals surface area (Å²) >= 11 is 0. The lowest BCUT2D eigenvalue weighted by Gasteiger charge is -2.10. The van der Waals surface area contributed by atoms with Crippen LogP contribution >= 0.6 is 0 Å². The first-order valence-electron chi connectivity index (χ1n) is 4.77. The molecule has 0 fully saturated rings. The van der Waals surface area contributed by atoms with E-state index in [0.29, 0.717) is 0 Å². The highest BCUT2D eigenvalue weighted by molar-refractivity contribution is 5.81. The SMILES string of the molecule is C[C@@H](CO)c1cccc2cccnc12. The highest BCUT2D eigenvalue weighted by Gasteiger charge is 2.08. The van der Waals surface area contributed by atoms with Crippen LogP contribution in [-0.2, 0) is 0 Å². The Kier molecular flexibility index (Phi) is 2.46. The Balaban J connectivity index is 2.65. The van der Waals surface area contributed by atoms with Crippen LogP contribution in [0, 0.1) is 0 Å². The van der Waals surface area contributed by atoms with E-state index in [4.69, 9.17) is 5.11 Å². The van der Waals surface area contributed by atoms with Gasteiger partial charge in [0.2, 0.25) is 0 Å². The van der Waals surface area contributed by atoms with Crippen LogP contribution < -0.4 is 0 Å². The second kappa shape index (κ2) is 3.76. The Bertz CT molecular complexity index is 434. The van der Waals surface area contributed by atoms with Crippen LogP contribution in [-0.4, -0.2) is 16.7 Å². The molecule has 0 aliphatic rings. The molecule has 1 aromatic carbocycles. The minimum atomic E-state index is 0.147. The van der Waals surface area contributed by atoms with Crippen molar-refractivity contribution in [1.29, 1.82) is 0 Å². The van der Waals surface area contributed by atoms with Crippen LogP contribution in [0.1, 0.15) is 18.4 Å². The van der Waals surface area contributed by atoms with Crippen molar-refractivity contribution in [3.63, 3.8) is 0 Å². The number of para-hydroxylation sites is 1. The molecule has 1 atom stereocenters. The van der Waals surface area contributed by atoms with E-state index in [1.165, 1.54) is 0 Å². The largest absolute Gasteiger partial charge is 0.396 e. The molecule has 0 spiro atoms. The number of aromatic nitrogens is 1. The standard InChI is InChI=1S/C12H13NO/c1-9(8-14)11-6-2-4-10-5-3-7-13-12(10)11/h2-7,9,14H,8H2,1H3/t9-/m0/s1. The van der Waals surface area contributed by atoms with E-state index >= 15 is 0 Å². The molecule has 1 aromatic heterocycles. The number of aliphatic hydroxyl groups is 1.